The van der Waals surface area contributed by atoms with Gasteiger partial charge in [0.15, 0.2) is 0 Å². The molecule has 0 atom stereocenters. The number of nitrogens with zero attached hydrogens (tertiary/aromatic N) is 2. The minimum absolute atomic E-state index is 0.0339. The molecule has 2 rings (SSSR count). The van der Waals surface area contributed by atoms with Crippen molar-refractivity contribution in [3.8, 4) is 0 Å². The van der Waals surface area contributed by atoms with Crippen LogP contribution in [0.25, 0.3) is 5.65 Å². The van der Waals surface area contributed by atoms with Crippen LogP contribution in [-0.4, -0.2) is 41.3 Å². The average Bonchev–Trinajstić information content (AvgIpc) is 2.81. The summed E-state index contributed by atoms with van der Waals surface area (Å²) in [7, 11) is 1.62. The molecular formula is C14H19N3O2S. The van der Waals surface area contributed by atoms with Crippen LogP contribution < -0.4 is 5.32 Å². The van der Waals surface area contributed by atoms with E-state index in [1.807, 2.05) is 28.9 Å². The number of methoxy groups -OCH3 is 1. The quantitative estimate of drug-likeness (QED) is 0.789. The van der Waals surface area contributed by atoms with E-state index >= 15 is 0 Å². The van der Waals surface area contributed by atoms with Crippen LogP contribution in [0.4, 0.5) is 0 Å². The number of hydrogen-bond acceptors (Lipinski definition) is 4. The second-order valence-corrected chi connectivity index (χ2v) is 5.53. The zero-order chi connectivity index (χ0) is 14.4. The summed E-state index contributed by atoms with van der Waals surface area (Å²) in [6, 6.07) is 4.05. The first kappa shape index (κ1) is 14.9. The van der Waals surface area contributed by atoms with Gasteiger partial charge in [-0.15, -0.1) is 11.8 Å². The molecule has 20 heavy (non-hydrogen) atoms. The molecule has 5 nitrogen and oxygen atoms in total. The van der Waals surface area contributed by atoms with Crippen molar-refractivity contribution in [3.05, 3.63) is 35.8 Å². The molecule has 6 heteroatoms. The number of aromatic nitrogens is 2. The fraction of sp³-hybridized carbons (Fsp3) is 0.429. The van der Waals surface area contributed by atoms with Crippen molar-refractivity contribution in [2.24, 2.45) is 0 Å². The number of imidazole rings is 1. The molecule has 0 aliphatic carbocycles. The molecule has 1 N–H and O–H groups in total. The Morgan fingerprint density at radius 2 is 2.30 bits per heavy atom. The molecule has 0 aliphatic rings. The molecule has 2 heterocycles. The van der Waals surface area contributed by atoms with Gasteiger partial charge in [0.1, 0.15) is 5.65 Å². The number of aryl methyl sites for hydroxylation is 1. The van der Waals surface area contributed by atoms with E-state index in [0.29, 0.717) is 18.9 Å². The number of carbonyl (C=O) groups excluding carboxylic acids is 1. The highest BCUT2D eigenvalue weighted by atomic mass is 32.2. The third kappa shape index (κ3) is 4.25. The molecule has 108 valence electrons. The Balaban J connectivity index is 1.79. The van der Waals surface area contributed by atoms with E-state index in [4.69, 9.17) is 4.74 Å². The largest absolute Gasteiger partial charge is 0.383 e. The summed E-state index contributed by atoms with van der Waals surface area (Å²) in [5, 5.41) is 2.79. The number of pyridine rings is 1. The summed E-state index contributed by atoms with van der Waals surface area (Å²) in [4.78, 5) is 16.0. The van der Waals surface area contributed by atoms with Gasteiger partial charge in [-0.1, -0.05) is 6.07 Å². The first-order chi connectivity index (χ1) is 9.69. The number of nitrogens with one attached hydrogen (secondary N) is 1. The molecule has 2 aromatic rings. The highest BCUT2D eigenvalue weighted by molar-refractivity contribution is 7.99. The van der Waals surface area contributed by atoms with Crippen LogP contribution in [0, 0.1) is 6.92 Å². The van der Waals surface area contributed by atoms with E-state index in [2.05, 4.69) is 17.2 Å². The standard InChI is InChI=1S/C14H19N3O2S/c1-11-3-4-13-16-12(8-17(13)7-11)9-20-10-14(18)15-5-6-19-2/h3-4,7-8H,5-6,9-10H2,1-2H3,(H,15,18). The molecule has 0 saturated heterocycles. The van der Waals surface area contributed by atoms with E-state index in [1.54, 1.807) is 18.9 Å². The Bertz CT molecular complexity index is 583. The lowest BCUT2D eigenvalue weighted by atomic mass is 10.3. The third-order valence-electron chi connectivity index (χ3n) is 2.76. The lowest BCUT2D eigenvalue weighted by Crippen LogP contribution is -2.28. The Kier molecular flexibility index (Phi) is 5.43. The van der Waals surface area contributed by atoms with E-state index in [0.717, 1.165) is 17.1 Å². The van der Waals surface area contributed by atoms with E-state index < -0.39 is 0 Å². The van der Waals surface area contributed by atoms with Gasteiger partial charge in [-0.2, -0.15) is 0 Å². The monoisotopic (exact) mass is 293 g/mol. The highest BCUT2D eigenvalue weighted by Crippen LogP contribution is 2.13. The predicted octanol–water partition coefficient (Wildman–Crippen LogP) is 1.64. The molecule has 2 aromatic heterocycles. The van der Waals surface area contributed by atoms with Crippen LogP contribution in [0.3, 0.4) is 0 Å². The maximum Gasteiger partial charge on any atom is 0.230 e. The summed E-state index contributed by atoms with van der Waals surface area (Å²) in [5.74, 6) is 1.21. The topological polar surface area (TPSA) is 55.6 Å². The van der Waals surface area contributed by atoms with Gasteiger partial charge in [0.2, 0.25) is 5.91 Å². The number of hydrogen-bond donors (Lipinski definition) is 1. The van der Waals surface area contributed by atoms with Crippen LogP contribution in [0.5, 0.6) is 0 Å². The molecule has 0 aliphatic heterocycles. The van der Waals surface area contributed by atoms with Crippen LogP contribution in [-0.2, 0) is 15.3 Å². The van der Waals surface area contributed by atoms with Gasteiger partial charge in [0.05, 0.1) is 18.1 Å². The van der Waals surface area contributed by atoms with Gasteiger partial charge in [-0.05, 0) is 18.6 Å². The summed E-state index contributed by atoms with van der Waals surface area (Å²) in [6.07, 6.45) is 4.06. The molecule has 0 saturated carbocycles. The molecule has 0 radical (unpaired) electrons. The smallest absolute Gasteiger partial charge is 0.230 e. The van der Waals surface area contributed by atoms with Crippen molar-refractivity contribution in [2.45, 2.75) is 12.7 Å². The minimum Gasteiger partial charge on any atom is -0.383 e. The molecule has 1 amide bonds. The highest BCUT2D eigenvalue weighted by Gasteiger charge is 2.04. The summed E-state index contributed by atoms with van der Waals surface area (Å²) in [6.45, 7) is 3.16. The van der Waals surface area contributed by atoms with E-state index in [9.17, 15) is 4.79 Å². The van der Waals surface area contributed by atoms with Gasteiger partial charge in [0.25, 0.3) is 0 Å². The minimum atomic E-state index is 0.0339. The maximum atomic E-state index is 11.5. The van der Waals surface area contributed by atoms with Crippen molar-refractivity contribution in [1.82, 2.24) is 14.7 Å². The van der Waals surface area contributed by atoms with Crippen LogP contribution in [0.15, 0.2) is 24.5 Å². The average molecular weight is 293 g/mol. The lowest BCUT2D eigenvalue weighted by Gasteiger charge is -2.03. The van der Waals surface area contributed by atoms with Crippen LogP contribution in [0.1, 0.15) is 11.3 Å². The molecule has 0 aromatic carbocycles. The number of fused-ring (bicyclic) bond motifs is 1. The van der Waals surface area contributed by atoms with E-state index in [-0.39, 0.29) is 5.91 Å². The second kappa shape index (κ2) is 7.31. The zero-order valence-electron chi connectivity index (χ0n) is 11.8. The SMILES string of the molecule is COCCNC(=O)CSCc1cn2cc(C)ccc2n1. The van der Waals surface area contributed by atoms with Gasteiger partial charge in [0, 0.05) is 31.8 Å². The van der Waals surface area contributed by atoms with Crippen molar-refractivity contribution in [1.29, 1.82) is 0 Å². The van der Waals surface area contributed by atoms with Crippen molar-refractivity contribution in [2.75, 3.05) is 26.0 Å². The summed E-state index contributed by atoms with van der Waals surface area (Å²) >= 11 is 1.56. The molecule has 0 fully saturated rings. The Morgan fingerprint density at radius 1 is 1.45 bits per heavy atom. The zero-order valence-corrected chi connectivity index (χ0v) is 12.6. The van der Waals surface area contributed by atoms with Crippen molar-refractivity contribution < 1.29 is 9.53 Å². The number of rotatable bonds is 7. The second-order valence-electron chi connectivity index (χ2n) is 4.54. The summed E-state index contributed by atoms with van der Waals surface area (Å²) < 4.78 is 6.89. The molecular weight excluding hydrogens is 274 g/mol. The van der Waals surface area contributed by atoms with Gasteiger partial charge in [-0.3, -0.25) is 4.79 Å². The van der Waals surface area contributed by atoms with Gasteiger partial charge >= 0.3 is 0 Å². The number of amides is 1. The fourth-order valence-corrected chi connectivity index (χ4v) is 2.55. The molecule has 0 unspecified atom stereocenters. The van der Waals surface area contributed by atoms with Crippen molar-refractivity contribution >= 4 is 23.3 Å². The molecule has 0 spiro atoms. The first-order valence-corrected chi connectivity index (χ1v) is 7.62. The Morgan fingerprint density at radius 3 is 3.10 bits per heavy atom. The fourth-order valence-electron chi connectivity index (χ4n) is 1.82. The maximum absolute atomic E-state index is 11.5. The Hall–Kier alpha value is -1.53. The molecule has 0 bridgehead atoms. The van der Waals surface area contributed by atoms with Crippen LogP contribution >= 0.6 is 11.8 Å². The number of thioether (sulfide) groups is 1. The number of carbonyl (C=O) groups is 1. The van der Waals surface area contributed by atoms with Crippen molar-refractivity contribution in [3.63, 3.8) is 0 Å². The predicted molar refractivity (Wildman–Crippen MR) is 81.0 cm³/mol. The first-order valence-electron chi connectivity index (χ1n) is 6.46. The third-order valence-corrected chi connectivity index (χ3v) is 3.73. The van der Waals surface area contributed by atoms with Gasteiger partial charge < -0.3 is 14.5 Å². The Labute approximate surface area is 122 Å². The number of ether oxygens (including phenoxy) is 1. The van der Waals surface area contributed by atoms with E-state index in [1.165, 1.54) is 5.56 Å². The summed E-state index contributed by atoms with van der Waals surface area (Å²) in [5.41, 5.74) is 3.13. The van der Waals surface area contributed by atoms with Gasteiger partial charge in [-0.25, -0.2) is 4.98 Å². The lowest BCUT2D eigenvalue weighted by molar-refractivity contribution is -0.118. The van der Waals surface area contributed by atoms with Crippen LogP contribution in [0.2, 0.25) is 0 Å². The normalized spacial score (nSPS) is 10.9.